The second-order valence-electron chi connectivity index (χ2n) is 3.72. The summed E-state index contributed by atoms with van der Waals surface area (Å²) >= 11 is 0. The van der Waals surface area contributed by atoms with E-state index in [2.05, 4.69) is 5.32 Å². The predicted molar refractivity (Wildman–Crippen MR) is 65.0 cm³/mol. The highest BCUT2D eigenvalue weighted by Crippen LogP contribution is 2.19. The first-order valence-corrected chi connectivity index (χ1v) is 5.80. The third kappa shape index (κ3) is 3.53. The zero-order chi connectivity index (χ0) is 12.8. The molecule has 3 nitrogen and oxygen atoms in total. The Bertz CT molecular complexity index is 393. The van der Waals surface area contributed by atoms with Crippen molar-refractivity contribution < 1.29 is 13.9 Å². The predicted octanol–water partition coefficient (Wildman–Crippen LogP) is 2.41. The summed E-state index contributed by atoms with van der Waals surface area (Å²) in [6.45, 7) is 6.57. The number of nitrogens with one attached hydrogen (secondary N) is 1. The Labute approximate surface area is 101 Å². The van der Waals surface area contributed by atoms with Gasteiger partial charge < -0.3 is 10.1 Å². The maximum Gasteiger partial charge on any atom is 0.179 e. The minimum Gasteiger partial charge on any atom is -0.491 e. The van der Waals surface area contributed by atoms with Gasteiger partial charge in [0.15, 0.2) is 17.3 Å². The maximum absolute atomic E-state index is 13.5. The molecule has 1 atom stereocenters. The number of Topliss-reactive ketones (excluding diaryl/α,β-unsaturated/α-hetero) is 1. The summed E-state index contributed by atoms with van der Waals surface area (Å²) in [4.78, 5) is 11.9. The average Bonchev–Trinajstić information content (AvgIpc) is 2.31. The summed E-state index contributed by atoms with van der Waals surface area (Å²) in [6, 6.07) is 3.99. The number of hydrogen-bond acceptors (Lipinski definition) is 3. The molecular formula is C13H18FNO2. The van der Waals surface area contributed by atoms with Crippen molar-refractivity contribution >= 4 is 5.78 Å². The molecule has 94 valence electrons. The van der Waals surface area contributed by atoms with Crippen molar-refractivity contribution in [2.75, 3.05) is 13.2 Å². The maximum atomic E-state index is 13.5. The van der Waals surface area contributed by atoms with E-state index in [4.69, 9.17) is 4.74 Å². The molecule has 0 saturated carbocycles. The lowest BCUT2D eigenvalue weighted by Gasteiger charge is -2.12. The number of benzene rings is 1. The van der Waals surface area contributed by atoms with E-state index in [9.17, 15) is 9.18 Å². The Morgan fingerprint density at radius 2 is 2.18 bits per heavy atom. The molecule has 0 radical (unpaired) electrons. The highest BCUT2D eigenvalue weighted by molar-refractivity contribution is 5.99. The van der Waals surface area contributed by atoms with Crippen molar-refractivity contribution in [1.82, 2.24) is 5.32 Å². The zero-order valence-corrected chi connectivity index (χ0v) is 10.4. The molecule has 17 heavy (non-hydrogen) atoms. The van der Waals surface area contributed by atoms with Gasteiger partial charge in [0.2, 0.25) is 0 Å². The molecule has 4 heteroatoms. The zero-order valence-electron chi connectivity index (χ0n) is 10.4. The summed E-state index contributed by atoms with van der Waals surface area (Å²) in [5.41, 5.74) is 0.361. The molecular weight excluding hydrogens is 221 g/mol. The summed E-state index contributed by atoms with van der Waals surface area (Å²) < 4.78 is 18.6. The molecule has 1 aromatic carbocycles. The van der Waals surface area contributed by atoms with E-state index in [1.54, 1.807) is 19.9 Å². The number of carbonyl (C=O) groups excluding carboxylic acids is 1. The lowest BCUT2D eigenvalue weighted by atomic mass is 10.1. The number of halogens is 1. The fraction of sp³-hybridized carbons (Fsp3) is 0.462. The van der Waals surface area contributed by atoms with E-state index >= 15 is 0 Å². The van der Waals surface area contributed by atoms with Gasteiger partial charge in [0, 0.05) is 5.56 Å². The van der Waals surface area contributed by atoms with Gasteiger partial charge in [-0.1, -0.05) is 6.92 Å². The van der Waals surface area contributed by atoms with E-state index in [0.29, 0.717) is 18.7 Å². The molecule has 0 heterocycles. The number of rotatable bonds is 6. The van der Waals surface area contributed by atoms with Crippen LogP contribution >= 0.6 is 0 Å². The first-order valence-electron chi connectivity index (χ1n) is 5.80. The van der Waals surface area contributed by atoms with Crippen LogP contribution in [0.3, 0.4) is 0 Å². The first-order chi connectivity index (χ1) is 8.10. The van der Waals surface area contributed by atoms with Crippen LogP contribution in [0.4, 0.5) is 4.39 Å². The van der Waals surface area contributed by atoms with Gasteiger partial charge in [-0.3, -0.25) is 4.79 Å². The fourth-order valence-electron chi connectivity index (χ4n) is 1.58. The molecule has 1 rings (SSSR count). The molecule has 0 bridgehead atoms. The SMILES string of the molecule is CCNC(C)C(=O)c1ccc(OCC)c(F)c1. The molecule has 0 amide bonds. The van der Waals surface area contributed by atoms with Crippen LogP contribution in [0.15, 0.2) is 18.2 Å². The van der Waals surface area contributed by atoms with Crippen molar-refractivity contribution in [3.8, 4) is 5.75 Å². The van der Waals surface area contributed by atoms with E-state index in [1.165, 1.54) is 12.1 Å². The Morgan fingerprint density at radius 1 is 1.47 bits per heavy atom. The lowest BCUT2D eigenvalue weighted by Crippen LogP contribution is -2.33. The van der Waals surface area contributed by atoms with Crippen LogP contribution < -0.4 is 10.1 Å². The quantitative estimate of drug-likeness (QED) is 0.775. The van der Waals surface area contributed by atoms with Crippen LogP contribution in [-0.2, 0) is 0 Å². The Morgan fingerprint density at radius 3 is 2.71 bits per heavy atom. The minimum absolute atomic E-state index is 0.117. The topological polar surface area (TPSA) is 38.3 Å². The van der Waals surface area contributed by atoms with Crippen LogP contribution in [0, 0.1) is 5.82 Å². The third-order valence-electron chi connectivity index (χ3n) is 2.42. The van der Waals surface area contributed by atoms with Gasteiger partial charge in [0.1, 0.15) is 0 Å². The molecule has 0 aliphatic heterocycles. The second-order valence-corrected chi connectivity index (χ2v) is 3.72. The number of hydrogen-bond donors (Lipinski definition) is 1. The summed E-state index contributed by atoms with van der Waals surface area (Å²) in [5.74, 6) is -0.435. The average molecular weight is 239 g/mol. The van der Waals surface area contributed by atoms with E-state index < -0.39 is 5.82 Å². The first kappa shape index (κ1) is 13.6. The van der Waals surface area contributed by atoms with Crippen LogP contribution in [-0.4, -0.2) is 25.0 Å². The summed E-state index contributed by atoms with van der Waals surface area (Å²) in [6.07, 6.45) is 0. The Kier molecular flexibility index (Phi) is 5.10. The summed E-state index contributed by atoms with van der Waals surface area (Å²) in [5, 5.41) is 3.00. The minimum atomic E-state index is -0.499. The van der Waals surface area contributed by atoms with Gasteiger partial charge >= 0.3 is 0 Å². The largest absolute Gasteiger partial charge is 0.491 e. The van der Waals surface area contributed by atoms with Gasteiger partial charge in [-0.15, -0.1) is 0 Å². The smallest absolute Gasteiger partial charge is 0.179 e. The molecule has 1 unspecified atom stereocenters. The number of ether oxygens (including phenoxy) is 1. The molecule has 0 fully saturated rings. The van der Waals surface area contributed by atoms with Gasteiger partial charge in [-0.25, -0.2) is 4.39 Å². The van der Waals surface area contributed by atoms with Crippen LogP contribution in [0.2, 0.25) is 0 Å². The van der Waals surface area contributed by atoms with E-state index in [-0.39, 0.29) is 17.6 Å². The second kappa shape index (κ2) is 6.35. The van der Waals surface area contributed by atoms with Crippen molar-refractivity contribution in [2.24, 2.45) is 0 Å². The third-order valence-corrected chi connectivity index (χ3v) is 2.42. The number of carbonyl (C=O) groups is 1. The monoisotopic (exact) mass is 239 g/mol. The van der Waals surface area contributed by atoms with Crippen molar-refractivity contribution in [3.63, 3.8) is 0 Å². The molecule has 0 spiro atoms. The highest BCUT2D eigenvalue weighted by atomic mass is 19.1. The lowest BCUT2D eigenvalue weighted by molar-refractivity contribution is 0.0951. The molecule has 0 aliphatic carbocycles. The van der Waals surface area contributed by atoms with E-state index in [1.807, 2.05) is 6.92 Å². The van der Waals surface area contributed by atoms with E-state index in [0.717, 1.165) is 0 Å². The van der Waals surface area contributed by atoms with Gasteiger partial charge in [-0.2, -0.15) is 0 Å². The fourth-order valence-corrected chi connectivity index (χ4v) is 1.58. The number of ketones is 1. The van der Waals surface area contributed by atoms with Gasteiger partial charge in [0.05, 0.1) is 12.6 Å². The van der Waals surface area contributed by atoms with Crippen LogP contribution in [0.25, 0.3) is 0 Å². The normalized spacial score (nSPS) is 12.2. The van der Waals surface area contributed by atoms with Gasteiger partial charge in [0.25, 0.3) is 0 Å². The highest BCUT2D eigenvalue weighted by Gasteiger charge is 2.15. The summed E-state index contributed by atoms with van der Waals surface area (Å²) in [7, 11) is 0. The van der Waals surface area contributed by atoms with Crippen molar-refractivity contribution in [1.29, 1.82) is 0 Å². The van der Waals surface area contributed by atoms with Gasteiger partial charge in [-0.05, 0) is 38.6 Å². The molecule has 0 saturated heterocycles. The van der Waals surface area contributed by atoms with Crippen LogP contribution in [0.5, 0.6) is 5.75 Å². The molecule has 0 aromatic heterocycles. The Hall–Kier alpha value is -1.42. The molecule has 1 aromatic rings. The van der Waals surface area contributed by atoms with Crippen molar-refractivity contribution in [3.05, 3.63) is 29.6 Å². The van der Waals surface area contributed by atoms with Crippen LogP contribution in [0.1, 0.15) is 31.1 Å². The number of likely N-dealkylation sites (N-methyl/N-ethyl adjacent to an activating group) is 1. The molecule has 1 N–H and O–H groups in total. The molecule has 0 aliphatic rings. The Balaban J connectivity index is 2.85. The van der Waals surface area contributed by atoms with Crippen molar-refractivity contribution in [2.45, 2.75) is 26.8 Å². The standard InChI is InChI=1S/C13H18FNO2/c1-4-15-9(3)13(16)10-6-7-12(17-5-2)11(14)8-10/h6-9,15H,4-5H2,1-3H3.